The Balaban J connectivity index is 1.84. The van der Waals surface area contributed by atoms with Gasteiger partial charge in [0.25, 0.3) is 0 Å². The Morgan fingerprint density at radius 1 is 1.15 bits per heavy atom. The molecule has 1 aliphatic rings. The molecule has 0 amide bonds. The van der Waals surface area contributed by atoms with E-state index in [9.17, 15) is 4.79 Å². The molecule has 1 aromatic heterocycles. The lowest BCUT2D eigenvalue weighted by Crippen LogP contribution is -2.25. The van der Waals surface area contributed by atoms with Gasteiger partial charge in [-0.25, -0.2) is 9.97 Å². The number of rotatable bonds is 2. The normalized spacial score (nSPS) is 17.9. The first kappa shape index (κ1) is 13.3. The Morgan fingerprint density at radius 2 is 1.85 bits per heavy atom. The van der Waals surface area contributed by atoms with E-state index in [1.165, 1.54) is 11.8 Å². The van der Waals surface area contributed by atoms with Crippen molar-refractivity contribution in [2.24, 2.45) is 0 Å². The minimum Gasteiger partial charge on any atom is -0.293 e. The molecule has 1 aromatic carbocycles. The fourth-order valence-electron chi connectivity index (χ4n) is 2.56. The standard InChI is InChI=1S/C16H16N2OS/c1-10-9-11(2)18-16(17-10)20-14-8-7-12-5-3-4-6-13(12)15(14)19/h3-6,9,14H,7-8H2,1-2H3/t14-/m0/s1. The molecule has 20 heavy (non-hydrogen) atoms. The lowest BCUT2D eigenvalue weighted by atomic mass is 9.90. The highest BCUT2D eigenvalue weighted by Crippen LogP contribution is 2.32. The Hall–Kier alpha value is -1.68. The number of carbonyl (C=O) groups excluding carboxylic acids is 1. The minimum atomic E-state index is -0.0638. The number of aryl methyl sites for hydroxylation is 3. The van der Waals surface area contributed by atoms with Crippen molar-refractivity contribution in [3.05, 3.63) is 52.8 Å². The zero-order valence-corrected chi connectivity index (χ0v) is 12.4. The van der Waals surface area contributed by atoms with Crippen LogP contribution in [0.25, 0.3) is 0 Å². The van der Waals surface area contributed by atoms with Gasteiger partial charge in [-0.2, -0.15) is 0 Å². The van der Waals surface area contributed by atoms with Gasteiger partial charge in [0, 0.05) is 17.0 Å². The summed E-state index contributed by atoms with van der Waals surface area (Å²) in [4.78, 5) is 21.4. The molecule has 2 aromatic rings. The van der Waals surface area contributed by atoms with Crippen LogP contribution in [0.3, 0.4) is 0 Å². The van der Waals surface area contributed by atoms with Gasteiger partial charge in [0.1, 0.15) is 0 Å². The van der Waals surface area contributed by atoms with Gasteiger partial charge >= 0.3 is 0 Å². The molecule has 4 heteroatoms. The molecule has 0 saturated carbocycles. The number of benzene rings is 1. The largest absolute Gasteiger partial charge is 0.293 e. The number of thioether (sulfide) groups is 1. The molecule has 3 nitrogen and oxygen atoms in total. The first-order valence-electron chi connectivity index (χ1n) is 6.74. The van der Waals surface area contributed by atoms with Crippen LogP contribution >= 0.6 is 11.8 Å². The zero-order chi connectivity index (χ0) is 14.1. The summed E-state index contributed by atoms with van der Waals surface area (Å²) < 4.78 is 0. The highest BCUT2D eigenvalue weighted by Gasteiger charge is 2.28. The van der Waals surface area contributed by atoms with E-state index in [0.717, 1.165) is 35.4 Å². The molecule has 0 fully saturated rings. The molecule has 3 rings (SSSR count). The monoisotopic (exact) mass is 284 g/mol. The quantitative estimate of drug-likeness (QED) is 0.793. The van der Waals surface area contributed by atoms with Crippen molar-refractivity contribution in [3.63, 3.8) is 0 Å². The van der Waals surface area contributed by atoms with Gasteiger partial charge in [-0.3, -0.25) is 4.79 Å². The molecule has 0 radical (unpaired) electrons. The third kappa shape index (κ3) is 2.61. The smallest absolute Gasteiger partial charge is 0.188 e. The second kappa shape index (κ2) is 5.37. The lowest BCUT2D eigenvalue weighted by Gasteiger charge is -2.22. The summed E-state index contributed by atoms with van der Waals surface area (Å²) in [6.45, 7) is 3.91. The fourth-order valence-corrected chi connectivity index (χ4v) is 3.67. The third-order valence-electron chi connectivity index (χ3n) is 3.46. The van der Waals surface area contributed by atoms with E-state index in [1.54, 1.807) is 0 Å². The summed E-state index contributed by atoms with van der Waals surface area (Å²) in [6.07, 6.45) is 1.81. The van der Waals surface area contributed by atoms with Gasteiger partial charge in [-0.05, 0) is 38.3 Å². The molecule has 1 aliphatic carbocycles. The van der Waals surface area contributed by atoms with Crippen molar-refractivity contribution < 1.29 is 4.79 Å². The topological polar surface area (TPSA) is 42.9 Å². The highest BCUT2D eigenvalue weighted by molar-refractivity contribution is 8.00. The van der Waals surface area contributed by atoms with E-state index in [0.29, 0.717) is 5.16 Å². The predicted molar refractivity (Wildman–Crippen MR) is 80.2 cm³/mol. The Kier molecular flexibility index (Phi) is 3.57. The van der Waals surface area contributed by atoms with Gasteiger partial charge < -0.3 is 0 Å². The van der Waals surface area contributed by atoms with Crippen molar-refractivity contribution in [2.75, 3.05) is 0 Å². The van der Waals surface area contributed by atoms with E-state index in [2.05, 4.69) is 9.97 Å². The molecule has 0 saturated heterocycles. The SMILES string of the molecule is Cc1cc(C)nc(S[C@H]2CCc3ccccc3C2=O)n1. The van der Waals surface area contributed by atoms with E-state index in [1.807, 2.05) is 44.2 Å². The van der Waals surface area contributed by atoms with Crippen molar-refractivity contribution in [2.45, 2.75) is 37.1 Å². The maximum absolute atomic E-state index is 12.5. The number of Topliss-reactive ketones (excluding diaryl/α,β-unsaturated/α-hetero) is 1. The second-order valence-corrected chi connectivity index (χ2v) is 6.27. The first-order valence-corrected chi connectivity index (χ1v) is 7.62. The summed E-state index contributed by atoms with van der Waals surface area (Å²) in [5, 5.41) is 0.645. The molecule has 0 N–H and O–H groups in total. The summed E-state index contributed by atoms with van der Waals surface area (Å²) >= 11 is 1.49. The second-order valence-electron chi connectivity index (χ2n) is 5.10. The van der Waals surface area contributed by atoms with Gasteiger partial charge in [-0.1, -0.05) is 36.0 Å². The van der Waals surface area contributed by atoms with Crippen LogP contribution in [0.2, 0.25) is 0 Å². The number of aromatic nitrogens is 2. The van der Waals surface area contributed by atoms with E-state index < -0.39 is 0 Å². The summed E-state index contributed by atoms with van der Waals surface area (Å²) in [5.74, 6) is 0.208. The van der Waals surface area contributed by atoms with Crippen molar-refractivity contribution in [3.8, 4) is 0 Å². The highest BCUT2D eigenvalue weighted by atomic mass is 32.2. The van der Waals surface area contributed by atoms with Crippen LogP contribution < -0.4 is 0 Å². The Morgan fingerprint density at radius 3 is 2.60 bits per heavy atom. The van der Waals surface area contributed by atoms with Crippen LogP contribution in [0.15, 0.2) is 35.5 Å². The van der Waals surface area contributed by atoms with Crippen LogP contribution in [-0.4, -0.2) is 21.0 Å². The molecular weight excluding hydrogens is 268 g/mol. The third-order valence-corrected chi connectivity index (χ3v) is 4.59. The van der Waals surface area contributed by atoms with Crippen molar-refractivity contribution >= 4 is 17.5 Å². The summed E-state index contributed by atoms with van der Waals surface area (Å²) in [7, 11) is 0. The average Bonchev–Trinajstić information content (AvgIpc) is 2.41. The van der Waals surface area contributed by atoms with E-state index in [4.69, 9.17) is 0 Å². The molecular formula is C16H16N2OS. The maximum Gasteiger partial charge on any atom is 0.188 e. The Bertz CT molecular complexity index is 649. The molecule has 0 aliphatic heterocycles. The maximum atomic E-state index is 12.5. The number of hydrogen-bond acceptors (Lipinski definition) is 4. The fraction of sp³-hybridized carbons (Fsp3) is 0.312. The van der Waals surface area contributed by atoms with Gasteiger partial charge in [0.05, 0.1) is 5.25 Å². The van der Waals surface area contributed by atoms with Crippen LogP contribution in [0, 0.1) is 13.8 Å². The Labute approximate surface area is 122 Å². The van der Waals surface area contributed by atoms with Crippen LogP contribution in [0.1, 0.15) is 33.7 Å². The van der Waals surface area contributed by atoms with Gasteiger partial charge in [-0.15, -0.1) is 0 Å². The molecule has 0 bridgehead atoms. The van der Waals surface area contributed by atoms with Gasteiger partial charge in [0.15, 0.2) is 10.9 Å². The van der Waals surface area contributed by atoms with Crippen molar-refractivity contribution in [1.29, 1.82) is 0 Å². The summed E-state index contributed by atoms with van der Waals surface area (Å²) in [6, 6.07) is 9.83. The summed E-state index contributed by atoms with van der Waals surface area (Å²) in [5.41, 5.74) is 3.92. The van der Waals surface area contributed by atoms with Crippen LogP contribution in [0.4, 0.5) is 0 Å². The number of nitrogens with zero attached hydrogens (tertiary/aromatic N) is 2. The average molecular weight is 284 g/mol. The zero-order valence-electron chi connectivity index (χ0n) is 11.6. The lowest BCUT2D eigenvalue weighted by molar-refractivity contribution is 0.0979. The number of fused-ring (bicyclic) bond motifs is 1. The van der Waals surface area contributed by atoms with Gasteiger partial charge in [0.2, 0.25) is 0 Å². The van der Waals surface area contributed by atoms with E-state index >= 15 is 0 Å². The number of hydrogen-bond donors (Lipinski definition) is 0. The molecule has 0 unspecified atom stereocenters. The van der Waals surface area contributed by atoms with Crippen LogP contribution in [-0.2, 0) is 6.42 Å². The first-order chi connectivity index (χ1) is 9.63. The number of carbonyl (C=O) groups is 1. The van der Waals surface area contributed by atoms with Crippen molar-refractivity contribution in [1.82, 2.24) is 9.97 Å². The molecule has 0 spiro atoms. The van der Waals surface area contributed by atoms with E-state index in [-0.39, 0.29) is 11.0 Å². The molecule has 1 atom stereocenters. The molecule has 1 heterocycles. The molecule has 102 valence electrons. The number of ketones is 1. The predicted octanol–water partition coefficient (Wildman–Crippen LogP) is 3.38. The van der Waals surface area contributed by atoms with Crippen LogP contribution in [0.5, 0.6) is 0 Å². The minimum absolute atomic E-state index is 0.0638.